The van der Waals surface area contributed by atoms with Crippen LogP contribution in [0, 0.1) is 10.1 Å². The quantitative estimate of drug-likeness (QED) is 0.429. The molecule has 0 spiro atoms. The molecule has 0 N–H and O–H groups in total. The number of rotatable bonds is 5. The molecule has 6 nitrogen and oxygen atoms in total. The number of Topliss-reactive ketones (excluding diaryl/α,β-unsaturated/α-hetero) is 1. The fourth-order valence-corrected chi connectivity index (χ4v) is 3.62. The van der Waals surface area contributed by atoms with Gasteiger partial charge in [-0.3, -0.25) is 19.9 Å². The van der Waals surface area contributed by atoms with E-state index < -0.39 is 4.92 Å². The number of non-ortho nitro benzene ring substituents is 1. The van der Waals surface area contributed by atoms with Crippen molar-refractivity contribution in [3.63, 3.8) is 0 Å². The highest BCUT2D eigenvalue weighted by molar-refractivity contribution is 8.14. The molecule has 0 saturated carbocycles. The molecule has 0 amide bonds. The number of carbonyl (C=O) groups excluding carboxylic acids is 1. The van der Waals surface area contributed by atoms with Gasteiger partial charge in [-0.15, -0.1) is 0 Å². The van der Waals surface area contributed by atoms with Crippen LogP contribution in [-0.4, -0.2) is 34.7 Å². The first-order valence-corrected chi connectivity index (χ1v) is 9.39. The average Bonchev–Trinajstić information content (AvgIpc) is 2.67. The van der Waals surface area contributed by atoms with Crippen LogP contribution in [0.2, 0.25) is 5.02 Å². The minimum Gasteiger partial charge on any atom is -0.313 e. The molecule has 8 heteroatoms. The van der Waals surface area contributed by atoms with Crippen molar-refractivity contribution >= 4 is 45.7 Å². The van der Waals surface area contributed by atoms with E-state index in [1.165, 1.54) is 18.2 Å². The highest BCUT2D eigenvalue weighted by atomic mass is 35.5. The molecule has 0 bridgehead atoms. The summed E-state index contributed by atoms with van der Waals surface area (Å²) in [6.07, 6.45) is 1.00. The molecule has 1 aliphatic heterocycles. The summed E-state index contributed by atoms with van der Waals surface area (Å²) in [5.41, 5.74) is 1.01. The molecule has 0 unspecified atom stereocenters. The number of anilines is 1. The van der Waals surface area contributed by atoms with E-state index in [4.69, 9.17) is 11.6 Å². The molecule has 2 aromatic rings. The van der Waals surface area contributed by atoms with Gasteiger partial charge in [0.2, 0.25) is 0 Å². The van der Waals surface area contributed by atoms with Crippen molar-refractivity contribution in [2.45, 2.75) is 6.42 Å². The number of hydrogen-bond acceptors (Lipinski definition) is 6. The molecule has 0 saturated heterocycles. The third-order valence-corrected chi connectivity index (χ3v) is 5.18. The van der Waals surface area contributed by atoms with Crippen LogP contribution in [0.1, 0.15) is 16.8 Å². The van der Waals surface area contributed by atoms with Gasteiger partial charge in [-0.2, -0.15) is 0 Å². The van der Waals surface area contributed by atoms with Crippen LogP contribution in [0.4, 0.5) is 11.4 Å². The predicted octanol–water partition coefficient (Wildman–Crippen LogP) is 4.43. The van der Waals surface area contributed by atoms with Gasteiger partial charge < -0.3 is 4.90 Å². The van der Waals surface area contributed by atoms with Gasteiger partial charge in [0.05, 0.1) is 11.5 Å². The van der Waals surface area contributed by atoms with E-state index in [2.05, 4.69) is 4.99 Å². The minimum atomic E-state index is -0.505. The van der Waals surface area contributed by atoms with Crippen LogP contribution in [0.5, 0.6) is 0 Å². The van der Waals surface area contributed by atoms with Crippen molar-refractivity contribution in [2.75, 3.05) is 23.7 Å². The molecule has 0 aliphatic carbocycles. The lowest BCUT2D eigenvalue weighted by molar-refractivity contribution is -0.384. The topological polar surface area (TPSA) is 75.8 Å². The van der Waals surface area contributed by atoms with Crippen molar-refractivity contribution in [3.05, 3.63) is 69.2 Å². The zero-order chi connectivity index (χ0) is 18.5. The van der Waals surface area contributed by atoms with Gasteiger partial charge in [0.15, 0.2) is 11.0 Å². The number of nitro groups is 1. The zero-order valence-corrected chi connectivity index (χ0v) is 15.4. The van der Waals surface area contributed by atoms with Gasteiger partial charge in [-0.1, -0.05) is 35.5 Å². The van der Waals surface area contributed by atoms with E-state index in [-0.39, 0.29) is 18.0 Å². The number of halogens is 1. The summed E-state index contributed by atoms with van der Waals surface area (Å²) in [6, 6.07) is 13.0. The van der Waals surface area contributed by atoms with Crippen molar-refractivity contribution in [2.24, 2.45) is 4.99 Å². The van der Waals surface area contributed by atoms with Gasteiger partial charge in [-0.25, -0.2) is 0 Å². The molecular weight excluding hydrogens is 374 g/mol. The Labute approximate surface area is 160 Å². The lowest BCUT2D eigenvalue weighted by atomic mass is 10.1. The number of hydrogen-bond donors (Lipinski definition) is 0. The second kappa shape index (κ2) is 8.33. The number of ketones is 1. The maximum atomic E-state index is 12.8. The first kappa shape index (κ1) is 18.4. The third kappa shape index (κ3) is 4.42. The summed E-state index contributed by atoms with van der Waals surface area (Å²) >= 11 is 7.56. The molecule has 3 rings (SSSR count). The third-order valence-electron chi connectivity index (χ3n) is 3.83. The summed E-state index contributed by atoms with van der Waals surface area (Å²) < 4.78 is 0. The molecule has 1 heterocycles. The number of nitro benzene ring substituents is 1. The molecule has 0 atom stereocenters. The highest BCUT2D eigenvalue weighted by Crippen LogP contribution is 2.25. The van der Waals surface area contributed by atoms with E-state index in [0.29, 0.717) is 10.6 Å². The smallest absolute Gasteiger partial charge is 0.270 e. The number of amidine groups is 1. The Balaban J connectivity index is 1.88. The van der Waals surface area contributed by atoms with Crippen LogP contribution in [-0.2, 0) is 0 Å². The Morgan fingerprint density at radius 2 is 2.04 bits per heavy atom. The van der Waals surface area contributed by atoms with Gasteiger partial charge in [0, 0.05) is 40.7 Å². The lowest BCUT2D eigenvalue weighted by Gasteiger charge is -2.27. The van der Waals surface area contributed by atoms with E-state index in [1.807, 2.05) is 17.0 Å². The summed E-state index contributed by atoms with van der Waals surface area (Å²) in [4.78, 5) is 29.6. The summed E-state index contributed by atoms with van der Waals surface area (Å²) in [5.74, 6) is 0.728. The Bertz CT molecular complexity index is 855. The second-order valence-electron chi connectivity index (χ2n) is 5.66. The SMILES string of the molecule is O=C(CN(C1=NCCCS1)c1ccc(Cl)cc1)c1cccc([N+](=O)[O-])c1. The lowest BCUT2D eigenvalue weighted by Crippen LogP contribution is -2.35. The van der Waals surface area contributed by atoms with E-state index in [0.717, 1.165) is 29.6 Å². The maximum absolute atomic E-state index is 12.8. The van der Waals surface area contributed by atoms with Crippen LogP contribution >= 0.6 is 23.4 Å². The fraction of sp³-hybridized carbons (Fsp3) is 0.222. The van der Waals surface area contributed by atoms with Crippen molar-refractivity contribution in [3.8, 4) is 0 Å². The summed E-state index contributed by atoms with van der Waals surface area (Å²) in [6.45, 7) is 0.770. The number of nitrogens with zero attached hydrogens (tertiary/aromatic N) is 3. The van der Waals surface area contributed by atoms with Gasteiger partial charge in [0.25, 0.3) is 5.69 Å². The fourth-order valence-electron chi connectivity index (χ4n) is 2.53. The summed E-state index contributed by atoms with van der Waals surface area (Å²) in [5, 5.41) is 12.3. The Morgan fingerprint density at radius 3 is 2.69 bits per heavy atom. The molecular formula is C18H16ClN3O3S. The van der Waals surface area contributed by atoms with Crippen LogP contribution in [0.3, 0.4) is 0 Å². The first-order valence-electron chi connectivity index (χ1n) is 8.02. The molecule has 134 valence electrons. The van der Waals surface area contributed by atoms with Crippen LogP contribution in [0.15, 0.2) is 53.5 Å². The monoisotopic (exact) mass is 389 g/mol. The van der Waals surface area contributed by atoms with Crippen molar-refractivity contribution < 1.29 is 9.72 Å². The Hall–Kier alpha value is -2.38. The predicted molar refractivity (Wildman–Crippen MR) is 106 cm³/mol. The number of aliphatic imine (C=N–C) groups is 1. The maximum Gasteiger partial charge on any atom is 0.270 e. The number of carbonyl (C=O) groups is 1. The average molecular weight is 390 g/mol. The molecule has 26 heavy (non-hydrogen) atoms. The molecule has 0 radical (unpaired) electrons. The summed E-state index contributed by atoms with van der Waals surface area (Å²) in [7, 11) is 0. The number of benzene rings is 2. The van der Waals surface area contributed by atoms with E-state index in [1.54, 1.807) is 30.0 Å². The van der Waals surface area contributed by atoms with E-state index in [9.17, 15) is 14.9 Å². The first-order chi connectivity index (χ1) is 12.5. The Kier molecular flexibility index (Phi) is 5.90. The van der Waals surface area contributed by atoms with Gasteiger partial charge >= 0.3 is 0 Å². The zero-order valence-electron chi connectivity index (χ0n) is 13.8. The molecule has 0 aromatic heterocycles. The van der Waals surface area contributed by atoms with E-state index >= 15 is 0 Å². The normalized spacial score (nSPS) is 13.8. The van der Waals surface area contributed by atoms with Crippen LogP contribution in [0.25, 0.3) is 0 Å². The molecule has 0 fully saturated rings. The minimum absolute atomic E-state index is 0.0502. The largest absolute Gasteiger partial charge is 0.313 e. The number of thioether (sulfide) groups is 1. The molecule has 2 aromatic carbocycles. The van der Waals surface area contributed by atoms with Crippen molar-refractivity contribution in [1.82, 2.24) is 0 Å². The van der Waals surface area contributed by atoms with Crippen LogP contribution < -0.4 is 4.90 Å². The van der Waals surface area contributed by atoms with Gasteiger partial charge in [-0.05, 0) is 30.7 Å². The Morgan fingerprint density at radius 1 is 1.27 bits per heavy atom. The standard InChI is InChI=1S/C18H16ClN3O3S/c19-14-5-7-15(8-6-14)21(18-20-9-2-10-26-18)12-17(23)13-3-1-4-16(11-13)22(24)25/h1,3-8,11H,2,9-10,12H2. The molecule has 1 aliphatic rings. The highest BCUT2D eigenvalue weighted by Gasteiger charge is 2.21. The van der Waals surface area contributed by atoms with Gasteiger partial charge in [0.1, 0.15) is 0 Å². The second-order valence-corrected chi connectivity index (χ2v) is 7.16. The van der Waals surface area contributed by atoms with Crippen molar-refractivity contribution in [1.29, 1.82) is 0 Å².